The van der Waals surface area contributed by atoms with Gasteiger partial charge in [0.05, 0.1) is 0 Å². The van der Waals surface area contributed by atoms with Crippen LogP contribution in [0.15, 0.2) is 53.5 Å². The van der Waals surface area contributed by atoms with Crippen LogP contribution in [0.2, 0.25) is 0 Å². The Balaban J connectivity index is 0.00000450. The summed E-state index contributed by atoms with van der Waals surface area (Å²) in [6.07, 6.45) is 0.815. The van der Waals surface area contributed by atoms with Gasteiger partial charge in [0, 0.05) is 39.8 Å². The maximum atomic E-state index is 12.1. The average Bonchev–Trinajstić information content (AvgIpc) is 2.69. The largest absolute Gasteiger partial charge is 0.356 e. The van der Waals surface area contributed by atoms with E-state index in [1.165, 1.54) is 11.1 Å². The number of aliphatic imine (C=N–C) groups is 1. The van der Waals surface area contributed by atoms with E-state index < -0.39 is 0 Å². The fraction of sp³-hybridized carbons (Fsp3) is 0.417. The topological polar surface area (TPSA) is 56.7 Å². The Kier molecular flexibility index (Phi) is 10.3. The molecule has 6 heteroatoms. The van der Waals surface area contributed by atoms with Crippen molar-refractivity contribution in [1.82, 2.24) is 15.5 Å². The molecule has 0 unspecified atom stereocenters. The molecule has 0 aliphatic rings. The molecule has 0 heterocycles. The van der Waals surface area contributed by atoms with Crippen molar-refractivity contribution in [2.75, 3.05) is 27.7 Å². The quantitative estimate of drug-likeness (QED) is 0.340. The van der Waals surface area contributed by atoms with Crippen LogP contribution in [0.4, 0.5) is 0 Å². The van der Waals surface area contributed by atoms with Crippen molar-refractivity contribution in [1.29, 1.82) is 0 Å². The van der Waals surface area contributed by atoms with E-state index in [2.05, 4.69) is 60.7 Å². The van der Waals surface area contributed by atoms with Gasteiger partial charge in [-0.05, 0) is 40.7 Å². The minimum absolute atomic E-state index is 0. The van der Waals surface area contributed by atoms with Crippen LogP contribution in [0.1, 0.15) is 47.8 Å². The van der Waals surface area contributed by atoms with Gasteiger partial charge in [-0.15, -0.1) is 24.0 Å². The Morgan fingerprint density at radius 3 is 2.23 bits per heavy atom. The highest BCUT2D eigenvalue weighted by atomic mass is 127. The van der Waals surface area contributed by atoms with Crippen molar-refractivity contribution in [3.8, 4) is 0 Å². The first-order valence-corrected chi connectivity index (χ1v) is 10.0. The maximum Gasteiger partial charge on any atom is 0.253 e. The molecule has 0 fully saturated rings. The molecule has 5 nitrogen and oxygen atoms in total. The molecule has 0 saturated heterocycles. The molecule has 1 amide bonds. The first-order chi connectivity index (χ1) is 13.7. The molecule has 2 N–H and O–H groups in total. The van der Waals surface area contributed by atoms with Gasteiger partial charge in [-0.1, -0.05) is 57.2 Å². The molecule has 0 aliphatic heterocycles. The van der Waals surface area contributed by atoms with E-state index >= 15 is 0 Å². The predicted molar refractivity (Wildman–Crippen MR) is 137 cm³/mol. The second-order valence-corrected chi connectivity index (χ2v) is 8.45. The maximum absolute atomic E-state index is 12.1. The van der Waals surface area contributed by atoms with Crippen LogP contribution in [0, 0.1) is 0 Å². The van der Waals surface area contributed by atoms with E-state index in [1.54, 1.807) is 26.0 Å². The van der Waals surface area contributed by atoms with E-state index in [0.717, 1.165) is 31.0 Å². The Labute approximate surface area is 198 Å². The van der Waals surface area contributed by atoms with E-state index in [1.807, 2.05) is 24.3 Å². The summed E-state index contributed by atoms with van der Waals surface area (Å²) >= 11 is 0. The van der Waals surface area contributed by atoms with Gasteiger partial charge >= 0.3 is 0 Å². The Hall–Kier alpha value is -2.09. The number of benzene rings is 2. The lowest BCUT2D eigenvalue weighted by Crippen LogP contribution is -2.37. The molecule has 2 rings (SSSR count). The summed E-state index contributed by atoms with van der Waals surface area (Å²) in [5.41, 5.74) is 4.56. The van der Waals surface area contributed by atoms with Gasteiger partial charge < -0.3 is 15.5 Å². The number of carbonyl (C=O) groups excluding carboxylic acids is 1. The van der Waals surface area contributed by atoms with Gasteiger partial charge in [-0.3, -0.25) is 9.79 Å². The average molecular weight is 522 g/mol. The van der Waals surface area contributed by atoms with Crippen LogP contribution in [-0.2, 0) is 18.4 Å². The molecular formula is C24H35IN4O. The summed E-state index contributed by atoms with van der Waals surface area (Å²) in [5, 5.41) is 6.69. The zero-order valence-electron chi connectivity index (χ0n) is 19.0. The van der Waals surface area contributed by atoms with Crippen molar-refractivity contribution < 1.29 is 4.79 Å². The van der Waals surface area contributed by atoms with Crippen molar-refractivity contribution in [3.63, 3.8) is 0 Å². The minimum atomic E-state index is 0. The summed E-state index contributed by atoms with van der Waals surface area (Å²) in [5.74, 6) is 0.792. The van der Waals surface area contributed by atoms with E-state index in [9.17, 15) is 4.79 Å². The number of nitrogens with one attached hydrogen (secondary N) is 2. The molecule has 0 radical (unpaired) electrons. The van der Waals surface area contributed by atoms with Crippen LogP contribution in [-0.4, -0.2) is 44.5 Å². The molecule has 0 atom stereocenters. The molecule has 2 aromatic carbocycles. The molecule has 0 bridgehead atoms. The summed E-state index contributed by atoms with van der Waals surface area (Å²) < 4.78 is 0. The van der Waals surface area contributed by atoms with Crippen molar-refractivity contribution in [2.45, 2.75) is 39.2 Å². The van der Waals surface area contributed by atoms with Gasteiger partial charge in [0.25, 0.3) is 5.91 Å². The van der Waals surface area contributed by atoms with E-state index in [-0.39, 0.29) is 35.3 Å². The first-order valence-electron chi connectivity index (χ1n) is 10.0. The SMILES string of the molecule is CN=C(NCCc1cccc(C(=O)N(C)C)c1)NCc1ccc(C(C)(C)C)cc1.I. The molecular weight excluding hydrogens is 487 g/mol. The Morgan fingerprint density at radius 2 is 1.67 bits per heavy atom. The number of halogens is 1. The number of hydrogen-bond acceptors (Lipinski definition) is 2. The van der Waals surface area contributed by atoms with E-state index in [4.69, 9.17) is 0 Å². The molecule has 0 aliphatic carbocycles. The number of guanidine groups is 1. The first kappa shape index (κ1) is 25.9. The number of nitrogens with zero attached hydrogens (tertiary/aromatic N) is 2. The molecule has 2 aromatic rings. The number of rotatable bonds is 6. The van der Waals surface area contributed by atoms with Gasteiger partial charge in [0.1, 0.15) is 0 Å². The lowest BCUT2D eigenvalue weighted by molar-refractivity contribution is 0.0827. The van der Waals surface area contributed by atoms with Crippen LogP contribution >= 0.6 is 24.0 Å². The summed E-state index contributed by atoms with van der Waals surface area (Å²) in [7, 11) is 5.31. The predicted octanol–water partition coefficient (Wildman–Crippen LogP) is 4.21. The molecule has 0 aromatic heterocycles. The Bertz CT molecular complexity index is 839. The Morgan fingerprint density at radius 1 is 1.00 bits per heavy atom. The van der Waals surface area contributed by atoms with Crippen LogP contribution in [0.5, 0.6) is 0 Å². The highest BCUT2D eigenvalue weighted by Crippen LogP contribution is 2.22. The lowest BCUT2D eigenvalue weighted by Gasteiger charge is -2.19. The molecule has 164 valence electrons. The van der Waals surface area contributed by atoms with Gasteiger partial charge in [0.15, 0.2) is 5.96 Å². The monoisotopic (exact) mass is 522 g/mol. The summed E-state index contributed by atoms with van der Waals surface area (Å²) in [4.78, 5) is 18.0. The van der Waals surface area contributed by atoms with Gasteiger partial charge in [-0.2, -0.15) is 0 Å². The summed E-state index contributed by atoms with van der Waals surface area (Å²) in [6.45, 7) is 8.12. The standard InChI is InChI=1S/C24H34N4O.HI/c1-24(2,3)21-12-10-19(11-13-21)17-27-23(25-4)26-15-14-18-8-7-9-20(16-18)22(29)28(5)6;/h7-13,16H,14-15,17H2,1-6H3,(H2,25,26,27);1H. The third-order valence-electron chi connectivity index (χ3n) is 4.79. The molecule has 30 heavy (non-hydrogen) atoms. The van der Waals surface area contributed by atoms with Crippen LogP contribution < -0.4 is 10.6 Å². The molecule has 0 spiro atoms. The highest BCUT2D eigenvalue weighted by molar-refractivity contribution is 14.0. The van der Waals surface area contributed by atoms with Gasteiger partial charge in [0.2, 0.25) is 0 Å². The highest BCUT2D eigenvalue weighted by Gasteiger charge is 2.12. The van der Waals surface area contributed by atoms with Gasteiger partial charge in [-0.25, -0.2) is 0 Å². The summed E-state index contributed by atoms with van der Waals surface area (Å²) in [6, 6.07) is 16.5. The fourth-order valence-corrected chi connectivity index (χ4v) is 2.97. The van der Waals surface area contributed by atoms with E-state index in [0.29, 0.717) is 5.56 Å². The number of carbonyl (C=O) groups is 1. The molecule has 0 saturated carbocycles. The van der Waals surface area contributed by atoms with Crippen LogP contribution in [0.25, 0.3) is 0 Å². The zero-order chi connectivity index (χ0) is 21.4. The zero-order valence-corrected chi connectivity index (χ0v) is 21.3. The normalized spacial score (nSPS) is 11.5. The van der Waals surface area contributed by atoms with Crippen molar-refractivity contribution in [3.05, 3.63) is 70.8 Å². The smallest absolute Gasteiger partial charge is 0.253 e. The van der Waals surface area contributed by atoms with Crippen molar-refractivity contribution >= 4 is 35.8 Å². The lowest BCUT2D eigenvalue weighted by atomic mass is 9.87. The second kappa shape index (κ2) is 11.9. The third-order valence-corrected chi connectivity index (χ3v) is 4.79. The fourth-order valence-electron chi connectivity index (χ4n) is 2.97. The third kappa shape index (κ3) is 7.97. The second-order valence-electron chi connectivity index (χ2n) is 8.45. The number of hydrogen-bond donors (Lipinski definition) is 2. The van der Waals surface area contributed by atoms with Crippen LogP contribution in [0.3, 0.4) is 0 Å². The number of amides is 1. The minimum Gasteiger partial charge on any atom is -0.356 e. The van der Waals surface area contributed by atoms with Crippen molar-refractivity contribution in [2.24, 2.45) is 4.99 Å².